The van der Waals surface area contributed by atoms with Crippen LogP contribution in [0.15, 0.2) is 72.8 Å². The summed E-state index contributed by atoms with van der Waals surface area (Å²) in [4.78, 5) is 119. The third-order valence-electron chi connectivity index (χ3n) is 24.5. The van der Waals surface area contributed by atoms with Crippen molar-refractivity contribution in [2.75, 3.05) is 19.8 Å². The molecule has 0 spiro atoms. The van der Waals surface area contributed by atoms with Gasteiger partial charge in [-0.15, -0.1) is 0 Å². The number of unbranched alkanes of at least 4 members (excludes halogenated alkanes) is 10. The molecule has 696 valence electrons. The number of primary amides is 1. The number of benzene rings is 5. The van der Waals surface area contributed by atoms with Crippen molar-refractivity contribution in [1.29, 1.82) is 0 Å². The standard InChI is InChI=1S/C89H117Cl2N7O29/c1-7-9-10-11-12-13-14-15-16-17-18-25-94-89(6)36-66(121-42(5)81(89)114)126-80-78(113)76(111)64(39-100)125-88(80)127-79-61-31-47-32-62(79)123-60-24-21-46(29-54(60)91)73(108)70-85(118)98-86(120-40-101)51-35-56(103)52(37-93-71-77(112)75(110)63(38-99)124-87(71)119)74(109)67(51)50-27-44(19-22-55(50)102)49(84(117)97-70)34-58(105)68(47)95-83(116)48(33-65(92)106)30-57(104)69(96-82(115)43(8-2)26-41(3)4)72(107)45-20-23-59(122-61)53(90)28-45/h19-24,27-29,31-32,35,40-43,48-49,63-64,66,68-73,75-78,80-81,86-88,93-94,99-100,102-103,107-114,119H,7-18,25-26,30,33-34,36-39H2,1-6H3,(H2,92,106)(H,95,116)(H,96,115)(H,97,117)(H,98,118)/t42-,43+,48-,49-,63?,64+,66-,68+,69-,70-,71?,72+,73+,75+,76?,77+,78?,80+,81+,86+,87?,88-,89?/m0/s1. The second-order valence-corrected chi connectivity index (χ2v) is 35.0. The number of amides is 5. The van der Waals surface area contributed by atoms with Crippen LogP contribution in [0.4, 0.5) is 0 Å². The minimum absolute atomic E-state index is 0.0406. The number of aliphatic hydroxyl groups is 10. The van der Waals surface area contributed by atoms with Crippen molar-refractivity contribution in [2.24, 2.45) is 23.5 Å². The highest BCUT2D eigenvalue weighted by Crippen LogP contribution is 2.52. The zero-order valence-electron chi connectivity index (χ0n) is 71.3. The number of carbonyl (C=O) groups is 8. The number of phenols is 3. The zero-order chi connectivity index (χ0) is 92.2. The van der Waals surface area contributed by atoms with E-state index >= 15 is 24.0 Å². The summed E-state index contributed by atoms with van der Waals surface area (Å²) in [7, 11) is 0. The maximum atomic E-state index is 16.6. The number of rotatable bonds is 31. The summed E-state index contributed by atoms with van der Waals surface area (Å²) in [6.45, 7) is 8.83. The Balaban J connectivity index is 1.09. The number of aromatic hydroxyl groups is 3. The van der Waals surface area contributed by atoms with E-state index in [1.807, 2.05) is 13.8 Å². The smallest absolute Gasteiger partial charge is 0.295 e. The van der Waals surface area contributed by atoms with Gasteiger partial charge in [-0.2, -0.15) is 0 Å². The normalized spacial score (nSPS) is 29.6. The van der Waals surface area contributed by atoms with E-state index < -0.39 is 287 Å². The first-order valence-corrected chi connectivity index (χ1v) is 43.9. The fourth-order valence-electron chi connectivity index (χ4n) is 17.3. The number of ketones is 2. The number of halogens is 2. The Hall–Kier alpha value is -9.00. The van der Waals surface area contributed by atoms with E-state index in [-0.39, 0.29) is 58.4 Å². The number of hydrogen-bond donors (Lipinski definition) is 20. The van der Waals surface area contributed by atoms with E-state index in [9.17, 15) is 80.8 Å². The minimum atomic E-state index is -2.28. The van der Waals surface area contributed by atoms with Gasteiger partial charge < -0.3 is 142 Å². The Morgan fingerprint density at radius 3 is 1.87 bits per heavy atom. The fraction of sp³-hybridized carbons (Fsp3) is 0.573. The molecule has 6 unspecified atom stereocenters. The largest absolute Gasteiger partial charge is 0.507 e. The van der Waals surface area contributed by atoms with Crippen molar-refractivity contribution < 1.29 is 143 Å². The number of ether oxygens (including phenoxy) is 8. The molecule has 0 saturated carbocycles. The second-order valence-electron chi connectivity index (χ2n) is 34.2. The molecule has 38 heteroatoms. The number of fused-ring (bicyclic) bond motifs is 15. The van der Waals surface area contributed by atoms with Gasteiger partial charge in [-0.05, 0) is 122 Å². The Morgan fingerprint density at radius 1 is 0.669 bits per heavy atom. The lowest BCUT2D eigenvalue weighted by Gasteiger charge is -2.48. The average molecular weight is 1820 g/mol. The summed E-state index contributed by atoms with van der Waals surface area (Å²) in [5.41, 5.74) is 1.56. The van der Waals surface area contributed by atoms with E-state index in [0.29, 0.717) is 13.0 Å². The topological polar surface area (TPSA) is 572 Å². The highest BCUT2D eigenvalue weighted by molar-refractivity contribution is 6.32. The summed E-state index contributed by atoms with van der Waals surface area (Å²) in [6, 6.07) is 5.34. The van der Waals surface area contributed by atoms with E-state index in [1.54, 1.807) is 20.8 Å². The van der Waals surface area contributed by atoms with Crippen LogP contribution in [0.5, 0.6) is 46.0 Å². The van der Waals surface area contributed by atoms with Crippen LogP contribution in [0.1, 0.15) is 214 Å². The first-order valence-electron chi connectivity index (χ1n) is 43.1. The lowest BCUT2D eigenvalue weighted by atomic mass is 9.84. The molecule has 13 rings (SSSR count). The third-order valence-corrected chi connectivity index (χ3v) is 25.1. The van der Waals surface area contributed by atoms with Gasteiger partial charge in [-0.25, -0.2) is 0 Å². The molecule has 11 bridgehead atoms. The summed E-state index contributed by atoms with van der Waals surface area (Å²) in [5.74, 6) is -17.9. The van der Waals surface area contributed by atoms with Crippen LogP contribution in [0, 0.1) is 17.8 Å². The van der Waals surface area contributed by atoms with Crippen molar-refractivity contribution >= 4 is 70.8 Å². The predicted octanol–water partition coefficient (Wildman–Crippen LogP) is 5.40. The summed E-state index contributed by atoms with van der Waals surface area (Å²) < 4.78 is 50.5. The Bertz CT molecular complexity index is 4720. The summed E-state index contributed by atoms with van der Waals surface area (Å²) in [6.07, 6.45) is -16.9. The molecule has 8 aliphatic heterocycles. The molecule has 8 heterocycles. The molecule has 5 aromatic rings. The number of nitrogens with two attached hydrogens (primary N) is 1. The number of hydrogen-bond acceptors (Lipinski definition) is 31. The van der Waals surface area contributed by atoms with Crippen LogP contribution in [-0.4, -0.2) is 231 Å². The molecule has 0 aliphatic carbocycles. The Morgan fingerprint density at radius 2 is 1.28 bits per heavy atom. The average Bonchev–Trinajstić information content (AvgIpc) is 0.758. The molecule has 5 aromatic carbocycles. The van der Waals surface area contributed by atoms with Gasteiger partial charge in [-0.1, -0.05) is 133 Å². The maximum Gasteiger partial charge on any atom is 0.295 e. The van der Waals surface area contributed by atoms with Crippen molar-refractivity contribution in [3.05, 3.63) is 116 Å². The first kappa shape index (κ1) is 98.6. The van der Waals surface area contributed by atoms with Gasteiger partial charge in [0.2, 0.25) is 47.8 Å². The van der Waals surface area contributed by atoms with Gasteiger partial charge in [0.25, 0.3) is 6.47 Å². The molecule has 36 nitrogen and oxygen atoms in total. The van der Waals surface area contributed by atoms with Crippen molar-refractivity contribution in [3.8, 4) is 57.1 Å². The van der Waals surface area contributed by atoms with Crippen molar-refractivity contribution in [2.45, 2.75) is 285 Å². The number of nitrogens with one attached hydrogen (secondary N) is 6. The van der Waals surface area contributed by atoms with Crippen LogP contribution in [0.25, 0.3) is 11.1 Å². The number of Topliss-reactive ketones (excluding diaryl/α,β-unsaturated/α-hetero) is 2. The van der Waals surface area contributed by atoms with Crippen LogP contribution >= 0.6 is 23.2 Å². The van der Waals surface area contributed by atoms with E-state index in [2.05, 4.69) is 38.8 Å². The third kappa shape index (κ3) is 23.2. The number of aliphatic hydroxyl groups excluding tert-OH is 10. The van der Waals surface area contributed by atoms with Crippen LogP contribution in [0.2, 0.25) is 10.0 Å². The Kier molecular flexibility index (Phi) is 34.2. The fourth-order valence-corrected chi connectivity index (χ4v) is 17.7. The monoisotopic (exact) mass is 1820 g/mol. The lowest BCUT2D eigenvalue weighted by molar-refractivity contribution is -0.334. The SMILES string of the molecule is CCCCCCCCCCCCCNC1(C)C[C@H](O[C@@H]2C(O)C(O)[C@@H](CO)O[C@H]2Oc2c3cc4cc2Oc2ccc(cc2Cl)[C@@H](O)[C@@H](NC(=O)[C@H](CC)CC(C)C)C(=O)C[C@@H](CC(N)=O)C(=O)N[C@H]4C(=O)C[C@@H]2C(=O)N[C@H](C(=O)N[C@H](OC=O)c4cc(O)c(CNC5C(O)OC(CO)[C@@H](O)[C@@H]5O)c(O)c4-c4cc2ccc4O)[C@H](O)c2ccc(c(Cl)c2)O3)O[C@@H](C)[C@H]1O. The number of carbonyl (C=O) groups excluding carboxylic acids is 8. The van der Waals surface area contributed by atoms with Gasteiger partial charge in [0.1, 0.15) is 95.7 Å². The van der Waals surface area contributed by atoms with Crippen molar-refractivity contribution in [1.82, 2.24) is 31.9 Å². The van der Waals surface area contributed by atoms with E-state index in [0.717, 1.165) is 80.6 Å². The van der Waals surface area contributed by atoms with Gasteiger partial charge in [0.15, 0.2) is 41.7 Å². The molecule has 3 fully saturated rings. The van der Waals surface area contributed by atoms with Crippen molar-refractivity contribution in [3.63, 3.8) is 0 Å². The van der Waals surface area contributed by atoms with Gasteiger partial charge in [0, 0.05) is 60.4 Å². The highest BCUT2D eigenvalue weighted by Gasteiger charge is 2.53. The quantitative estimate of drug-likeness (QED) is 0.0195. The lowest BCUT2D eigenvalue weighted by Crippen LogP contribution is -2.65. The number of phenolic OH excluding ortho intramolecular Hbond substituents is 3. The maximum absolute atomic E-state index is 16.6. The van der Waals surface area contributed by atoms with Gasteiger partial charge in [-0.3, -0.25) is 38.4 Å². The molecule has 0 radical (unpaired) electrons. The molecular weight excluding hydrogens is 1700 g/mol. The van der Waals surface area contributed by atoms with E-state index in [1.165, 1.54) is 62.8 Å². The van der Waals surface area contributed by atoms with Crippen LogP contribution in [-0.2, 0) is 68.6 Å². The summed E-state index contributed by atoms with van der Waals surface area (Å²) >= 11 is 14.5. The van der Waals surface area contributed by atoms with Gasteiger partial charge in [0.05, 0.1) is 58.9 Å². The Labute approximate surface area is 743 Å². The summed E-state index contributed by atoms with van der Waals surface area (Å²) in [5, 5.41) is 167. The first-order chi connectivity index (χ1) is 60.5. The minimum Gasteiger partial charge on any atom is -0.507 e. The molecular formula is C89H117Cl2N7O29. The molecule has 21 N–H and O–H groups in total. The predicted molar refractivity (Wildman–Crippen MR) is 453 cm³/mol. The van der Waals surface area contributed by atoms with Gasteiger partial charge >= 0.3 is 0 Å². The molecule has 5 amide bonds. The molecule has 23 atom stereocenters. The van der Waals surface area contributed by atoms with Crippen LogP contribution < -0.4 is 51.8 Å². The molecule has 3 saturated heterocycles. The van der Waals surface area contributed by atoms with Crippen LogP contribution in [0.3, 0.4) is 0 Å². The molecule has 127 heavy (non-hydrogen) atoms. The highest BCUT2D eigenvalue weighted by atomic mass is 35.5. The zero-order valence-corrected chi connectivity index (χ0v) is 72.8. The molecule has 8 aliphatic rings. The molecule has 0 aromatic heterocycles. The van der Waals surface area contributed by atoms with E-state index in [4.69, 9.17) is 66.8 Å². The second kappa shape index (κ2) is 44.1.